The van der Waals surface area contributed by atoms with E-state index in [-0.39, 0.29) is 30.8 Å². The largest absolute Gasteiger partial charge is 0.484 e. The second-order valence-corrected chi connectivity index (χ2v) is 6.93. The molecule has 2 rings (SSSR count). The van der Waals surface area contributed by atoms with Crippen molar-refractivity contribution in [3.63, 3.8) is 0 Å². The number of rotatable bonds is 7. The summed E-state index contributed by atoms with van der Waals surface area (Å²) in [6.45, 7) is 1.64. The number of nitrogens with one attached hydrogen (secondary N) is 1. The first-order valence-electron chi connectivity index (χ1n) is 8.04. The molecule has 1 unspecified atom stereocenters. The number of carbonyl (C=O) groups excluding carboxylic acids is 2. The predicted octanol–water partition coefficient (Wildman–Crippen LogP) is 2.97. The van der Waals surface area contributed by atoms with Gasteiger partial charge >= 0.3 is 0 Å². The van der Waals surface area contributed by atoms with Crippen LogP contribution in [0.25, 0.3) is 0 Å². The zero-order valence-electron chi connectivity index (χ0n) is 14.5. The number of ether oxygens (including phenoxy) is 1. The lowest BCUT2D eigenvalue weighted by molar-refractivity contribution is -0.142. The summed E-state index contributed by atoms with van der Waals surface area (Å²) in [4.78, 5) is 26.1. The van der Waals surface area contributed by atoms with Gasteiger partial charge in [-0.15, -0.1) is 0 Å². The smallest absolute Gasteiger partial charge is 0.261 e. The maximum atomic E-state index is 13.1. The first kappa shape index (κ1) is 20.2. The van der Waals surface area contributed by atoms with Gasteiger partial charge in [0.1, 0.15) is 17.6 Å². The normalized spacial score (nSPS) is 11.5. The van der Waals surface area contributed by atoms with E-state index in [4.69, 9.17) is 4.74 Å². The van der Waals surface area contributed by atoms with Crippen molar-refractivity contribution in [3.8, 4) is 5.75 Å². The molecule has 1 N–H and O–H groups in total. The fraction of sp³-hybridized carbons (Fsp3) is 0.263. The molecule has 0 aromatic heterocycles. The Hall–Kier alpha value is -2.16. The maximum absolute atomic E-state index is 13.1. The van der Waals surface area contributed by atoms with Crippen LogP contribution in [0.2, 0.25) is 0 Å². The molecule has 1 atom stereocenters. The van der Waals surface area contributed by atoms with Gasteiger partial charge in [-0.05, 0) is 71.5 Å². The first-order valence-corrected chi connectivity index (χ1v) is 9.12. The molecule has 2 aromatic carbocycles. The van der Waals surface area contributed by atoms with Crippen LogP contribution < -0.4 is 10.1 Å². The summed E-state index contributed by atoms with van der Waals surface area (Å²) in [7, 11) is 1.52. The molecule has 0 aliphatic rings. The number of amides is 2. The first-order chi connectivity index (χ1) is 12.4. The molecule has 0 spiro atoms. The van der Waals surface area contributed by atoms with Gasteiger partial charge in [-0.25, -0.2) is 4.39 Å². The fourth-order valence-corrected chi connectivity index (χ4v) is 2.70. The Morgan fingerprint density at radius 3 is 2.35 bits per heavy atom. The average molecular weight is 470 g/mol. The van der Waals surface area contributed by atoms with Gasteiger partial charge in [-0.1, -0.05) is 12.1 Å². The Bertz CT molecular complexity index is 750. The van der Waals surface area contributed by atoms with Crippen LogP contribution in [-0.2, 0) is 16.1 Å². The minimum atomic E-state index is -0.683. The molecule has 0 heterocycles. The molecule has 0 saturated carbocycles. The van der Waals surface area contributed by atoms with Crippen molar-refractivity contribution >= 4 is 34.4 Å². The van der Waals surface area contributed by atoms with E-state index in [0.717, 1.165) is 9.13 Å². The summed E-state index contributed by atoms with van der Waals surface area (Å²) >= 11 is 2.18. The zero-order valence-corrected chi connectivity index (χ0v) is 16.7. The second-order valence-electron chi connectivity index (χ2n) is 5.68. The third-order valence-electron chi connectivity index (χ3n) is 3.86. The number of halogens is 2. The molecule has 0 aliphatic heterocycles. The highest BCUT2D eigenvalue weighted by Gasteiger charge is 2.25. The van der Waals surface area contributed by atoms with Crippen LogP contribution in [0.3, 0.4) is 0 Å². The number of hydrogen-bond donors (Lipinski definition) is 1. The van der Waals surface area contributed by atoms with Crippen molar-refractivity contribution in [2.75, 3.05) is 13.7 Å². The van der Waals surface area contributed by atoms with Crippen molar-refractivity contribution in [2.24, 2.45) is 0 Å². The van der Waals surface area contributed by atoms with Gasteiger partial charge in [-0.3, -0.25) is 9.59 Å². The maximum Gasteiger partial charge on any atom is 0.261 e. The lowest BCUT2D eigenvalue weighted by atomic mass is 10.1. The lowest BCUT2D eigenvalue weighted by Crippen LogP contribution is -2.48. The van der Waals surface area contributed by atoms with E-state index < -0.39 is 6.04 Å². The van der Waals surface area contributed by atoms with Gasteiger partial charge in [0.2, 0.25) is 5.91 Å². The Morgan fingerprint density at radius 2 is 1.77 bits per heavy atom. The van der Waals surface area contributed by atoms with E-state index in [1.165, 1.54) is 24.1 Å². The van der Waals surface area contributed by atoms with E-state index in [0.29, 0.717) is 5.75 Å². The third kappa shape index (κ3) is 5.69. The van der Waals surface area contributed by atoms with Gasteiger partial charge in [0.05, 0.1) is 0 Å². The second kappa shape index (κ2) is 9.51. The van der Waals surface area contributed by atoms with Crippen LogP contribution in [0.1, 0.15) is 12.5 Å². The highest BCUT2D eigenvalue weighted by molar-refractivity contribution is 14.1. The highest BCUT2D eigenvalue weighted by atomic mass is 127. The molecule has 0 fully saturated rings. The van der Waals surface area contributed by atoms with Gasteiger partial charge in [0.15, 0.2) is 6.61 Å². The number of carbonyl (C=O) groups is 2. The molecule has 0 bridgehead atoms. The Morgan fingerprint density at radius 1 is 1.15 bits per heavy atom. The number of benzene rings is 2. The van der Waals surface area contributed by atoms with Crippen LogP contribution in [0.4, 0.5) is 4.39 Å². The molecule has 2 aromatic rings. The topological polar surface area (TPSA) is 58.6 Å². The minimum absolute atomic E-state index is 0.184. The van der Waals surface area contributed by atoms with Crippen LogP contribution >= 0.6 is 22.6 Å². The molecule has 0 saturated heterocycles. The van der Waals surface area contributed by atoms with Gasteiger partial charge in [0.25, 0.3) is 5.91 Å². The number of nitrogens with zero attached hydrogens (tertiary/aromatic N) is 1. The van der Waals surface area contributed by atoms with Crippen molar-refractivity contribution in [2.45, 2.75) is 19.5 Å². The molecular weight excluding hydrogens is 450 g/mol. The quantitative estimate of drug-likeness (QED) is 0.634. The molecule has 138 valence electrons. The molecule has 0 radical (unpaired) electrons. The molecule has 0 aliphatic carbocycles. The molecular formula is C19H20FIN2O3. The van der Waals surface area contributed by atoms with Gasteiger partial charge < -0.3 is 15.0 Å². The van der Waals surface area contributed by atoms with E-state index in [1.807, 2.05) is 12.1 Å². The van der Waals surface area contributed by atoms with Crippen LogP contribution in [-0.4, -0.2) is 36.4 Å². The van der Waals surface area contributed by atoms with E-state index >= 15 is 0 Å². The van der Waals surface area contributed by atoms with Gasteiger partial charge in [-0.2, -0.15) is 0 Å². The fourth-order valence-electron chi connectivity index (χ4n) is 2.34. The molecule has 2 amide bonds. The predicted molar refractivity (Wildman–Crippen MR) is 105 cm³/mol. The van der Waals surface area contributed by atoms with Crippen LogP contribution in [0, 0.1) is 9.39 Å². The number of hydrogen-bond acceptors (Lipinski definition) is 3. The van der Waals surface area contributed by atoms with Crippen LogP contribution in [0.15, 0.2) is 48.5 Å². The van der Waals surface area contributed by atoms with Crippen molar-refractivity contribution in [1.29, 1.82) is 0 Å². The summed E-state index contributed by atoms with van der Waals surface area (Å²) in [5.41, 5.74) is 0.727. The van der Waals surface area contributed by atoms with Crippen molar-refractivity contribution in [1.82, 2.24) is 10.2 Å². The SMILES string of the molecule is CNC(=O)C(C)N(Cc1ccc(F)cc1)C(=O)COc1ccc(I)cc1. The summed E-state index contributed by atoms with van der Waals surface area (Å²) in [6.07, 6.45) is 0. The van der Waals surface area contributed by atoms with Gasteiger partial charge in [0, 0.05) is 17.2 Å². The Labute approximate surface area is 165 Å². The summed E-state index contributed by atoms with van der Waals surface area (Å²) in [6, 6.07) is 12.5. The molecule has 26 heavy (non-hydrogen) atoms. The lowest BCUT2D eigenvalue weighted by Gasteiger charge is -2.28. The van der Waals surface area contributed by atoms with Crippen molar-refractivity contribution < 1.29 is 18.7 Å². The monoisotopic (exact) mass is 470 g/mol. The Balaban J connectivity index is 2.10. The molecule has 7 heteroatoms. The standard InChI is InChI=1S/C19H20FIN2O3/c1-13(19(25)22-2)23(11-14-3-5-15(20)6-4-14)18(24)12-26-17-9-7-16(21)8-10-17/h3-10,13H,11-12H2,1-2H3,(H,22,25). The zero-order chi connectivity index (χ0) is 19.1. The summed E-state index contributed by atoms with van der Waals surface area (Å²) < 4.78 is 19.7. The van der Waals surface area contributed by atoms with E-state index in [1.54, 1.807) is 31.2 Å². The third-order valence-corrected chi connectivity index (χ3v) is 4.57. The molecule has 5 nitrogen and oxygen atoms in total. The highest BCUT2D eigenvalue weighted by Crippen LogP contribution is 2.15. The number of likely N-dealkylation sites (N-methyl/N-ethyl adjacent to an activating group) is 1. The average Bonchev–Trinajstić information content (AvgIpc) is 2.65. The van der Waals surface area contributed by atoms with E-state index in [2.05, 4.69) is 27.9 Å². The van der Waals surface area contributed by atoms with Crippen molar-refractivity contribution in [3.05, 3.63) is 63.5 Å². The Kier molecular flexibility index (Phi) is 7.38. The summed E-state index contributed by atoms with van der Waals surface area (Å²) in [5, 5.41) is 2.54. The van der Waals surface area contributed by atoms with E-state index in [9.17, 15) is 14.0 Å². The summed E-state index contributed by atoms with van der Waals surface area (Å²) in [5.74, 6) is -0.389. The minimum Gasteiger partial charge on any atom is -0.484 e. The van der Waals surface area contributed by atoms with Crippen LogP contribution in [0.5, 0.6) is 5.75 Å².